The first kappa shape index (κ1) is 13.5. The molecule has 1 aliphatic heterocycles. The highest BCUT2D eigenvalue weighted by molar-refractivity contribution is 9.10. The molecule has 5 heteroatoms. The van der Waals surface area contributed by atoms with Gasteiger partial charge >= 0.3 is 0 Å². The number of thiophene rings is 1. The molecule has 1 aromatic heterocycles. The number of nitrogens with zero attached hydrogens (tertiary/aromatic N) is 1. The third-order valence-electron chi connectivity index (χ3n) is 3.26. The zero-order valence-electron chi connectivity index (χ0n) is 10.4. The Hall–Kier alpha value is 0.0600. The molecule has 0 bridgehead atoms. The summed E-state index contributed by atoms with van der Waals surface area (Å²) in [6.07, 6.45) is 1.15. The monoisotopic (exact) mass is 317 g/mol. The third-order valence-corrected chi connectivity index (χ3v) is 5.07. The van der Waals surface area contributed by atoms with E-state index in [1.54, 1.807) is 0 Å². The Balaban J connectivity index is 1.95. The van der Waals surface area contributed by atoms with Crippen molar-refractivity contribution in [2.45, 2.75) is 18.5 Å². The molecule has 96 valence electrons. The fraction of sp³-hybridized carbons (Fsp3) is 0.667. The lowest BCUT2D eigenvalue weighted by atomic mass is 10.0. The number of rotatable bonds is 4. The summed E-state index contributed by atoms with van der Waals surface area (Å²) in [5.74, 6) is 0. The fourth-order valence-electron chi connectivity index (χ4n) is 2.32. The van der Waals surface area contributed by atoms with E-state index in [2.05, 4.69) is 50.0 Å². The minimum Gasteiger partial charge on any atom is -0.312 e. The van der Waals surface area contributed by atoms with Crippen LogP contribution in [-0.2, 0) is 0 Å². The summed E-state index contributed by atoms with van der Waals surface area (Å²) in [5.41, 5.74) is 0. The molecule has 1 fully saturated rings. The van der Waals surface area contributed by atoms with Gasteiger partial charge in [0.15, 0.2) is 0 Å². The molecule has 0 aliphatic carbocycles. The van der Waals surface area contributed by atoms with Crippen LogP contribution >= 0.6 is 27.3 Å². The van der Waals surface area contributed by atoms with Crippen molar-refractivity contribution in [1.82, 2.24) is 15.5 Å². The second kappa shape index (κ2) is 6.29. The summed E-state index contributed by atoms with van der Waals surface area (Å²) in [5, 5.41) is 9.18. The summed E-state index contributed by atoms with van der Waals surface area (Å²) in [7, 11) is 4.24. The van der Waals surface area contributed by atoms with Crippen molar-refractivity contribution in [3.8, 4) is 0 Å². The van der Waals surface area contributed by atoms with Crippen LogP contribution in [0.5, 0.6) is 0 Å². The molecule has 0 amide bonds. The lowest BCUT2D eigenvalue weighted by molar-refractivity contribution is 0.222. The molecule has 3 nitrogen and oxygen atoms in total. The Morgan fingerprint density at radius 1 is 1.71 bits per heavy atom. The van der Waals surface area contributed by atoms with Crippen LogP contribution in [0.1, 0.15) is 17.3 Å². The quantitative estimate of drug-likeness (QED) is 0.890. The Labute approximate surface area is 116 Å². The Morgan fingerprint density at radius 2 is 2.53 bits per heavy atom. The van der Waals surface area contributed by atoms with Crippen LogP contribution in [0, 0.1) is 0 Å². The van der Waals surface area contributed by atoms with Crippen molar-refractivity contribution in [3.63, 3.8) is 0 Å². The van der Waals surface area contributed by atoms with Crippen LogP contribution in [-0.4, -0.2) is 44.7 Å². The standard InChI is InChI=1S/C12H20BrN3S/c1-14-11(12-5-9(13)8-17-12)6-10-7-16(2)4-3-15-10/h5,8,10-11,14-15H,3-4,6-7H2,1-2H3. The molecule has 1 aromatic rings. The Morgan fingerprint density at radius 3 is 3.12 bits per heavy atom. The smallest absolute Gasteiger partial charge is 0.0428 e. The number of hydrogen-bond acceptors (Lipinski definition) is 4. The normalized spacial score (nSPS) is 23.8. The minimum atomic E-state index is 0.454. The molecule has 1 saturated heterocycles. The van der Waals surface area contributed by atoms with Crippen LogP contribution in [0.3, 0.4) is 0 Å². The molecule has 2 atom stereocenters. The van der Waals surface area contributed by atoms with Gasteiger partial charge in [-0.05, 0) is 42.5 Å². The first-order chi connectivity index (χ1) is 8.19. The first-order valence-electron chi connectivity index (χ1n) is 6.02. The molecule has 0 aromatic carbocycles. The van der Waals surface area contributed by atoms with E-state index in [4.69, 9.17) is 0 Å². The molecule has 17 heavy (non-hydrogen) atoms. The minimum absolute atomic E-state index is 0.454. The summed E-state index contributed by atoms with van der Waals surface area (Å²) in [6.45, 7) is 3.40. The zero-order valence-corrected chi connectivity index (χ0v) is 12.8. The van der Waals surface area contributed by atoms with Crippen LogP contribution in [0.2, 0.25) is 0 Å². The lowest BCUT2D eigenvalue weighted by Crippen LogP contribution is -2.50. The van der Waals surface area contributed by atoms with E-state index < -0.39 is 0 Å². The van der Waals surface area contributed by atoms with Gasteiger partial charge in [0.25, 0.3) is 0 Å². The average Bonchev–Trinajstić information content (AvgIpc) is 2.73. The summed E-state index contributed by atoms with van der Waals surface area (Å²) >= 11 is 5.34. The van der Waals surface area contributed by atoms with Gasteiger partial charge in [-0.15, -0.1) is 11.3 Å². The first-order valence-corrected chi connectivity index (χ1v) is 7.69. The topological polar surface area (TPSA) is 27.3 Å². The van der Waals surface area contributed by atoms with Gasteiger partial charge in [-0.1, -0.05) is 0 Å². The van der Waals surface area contributed by atoms with E-state index in [-0.39, 0.29) is 0 Å². The zero-order chi connectivity index (χ0) is 12.3. The van der Waals surface area contributed by atoms with E-state index in [0.717, 1.165) is 26.1 Å². The van der Waals surface area contributed by atoms with Gasteiger partial charge in [-0.3, -0.25) is 0 Å². The number of likely N-dealkylation sites (N-methyl/N-ethyl adjacent to an activating group) is 1. The van der Waals surface area contributed by atoms with Crippen molar-refractivity contribution in [2.75, 3.05) is 33.7 Å². The fourth-order valence-corrected chi connectivity index (χ4v) is 3.89. The second-order valence-corrected chi connectivity index (χ2v) is 6.52. The van der Waals surface area contributed by atoms with Crippen molar-refractivity contribution in [2.24, 2.45) is 0 Å². The summed E-state index contributed by atoms with van der Waals surface area (Å²) in [6, 6.07) is 3.26. The third kappa shape index (κ3) is 3.76. The maximum atomic E-state index is 3.60. The number of piperazine rings is 1. The Bertz CT molecular complexity index is 355. The van der Waals surface area contributed by atoms with E-state index in [9.17, 15) is 0 Å². The highest BCUT2D eigenvalue weighted by Crippen LogP contribution is 2.28. The Kier molecular flexibility index (Phi) is 4.99. The molecule has 2 N–H and O–H groups in total. The van der Waals surface area contributed by atoms with Crippen LogP contribution in [0.15, 0.2) is 15.9 Å². The largest absolute Gasteiger partial charge is 0.312 e. The molecule has 0 spiro atoms. The number of halogens is 1. The van der Waals surface area contributed by atoms with Gasteiger partial charge in [-0.2, -0.15) is 0 Å². The number of hydrogen-bond donors (Lipinski definition) is 2. The summed E-state index contributed by atoms with van der Waals surface area (Å²) in [4.78, 5) is 3.81. The van der Waals surface area contributed by atoms with Crippen molar-refractivity contribution < 1.29 is 0 Å². The predicted molar refractivity (Wildman–Crippen MR) is 77.7 cm³/mol. The van der Waals surface area contributed by atoms with Crippen molar-refractivity contribution in [1.29, 1.82) is 0 Å². The van der Waals surface area contributed by atoms with E-state index in [1.165, 1.54) is 9.35 Å². The van der Waals surface area contributed by atoms with Crippen LogP contribution < -0.4 is 10.6 Å². The highest BCUT2D eigenvalue weighted by Gasteiger charge is 2.21. The van der Waals surface area contributed by atoms with E-state index in [1.807, 2.05) is 18.4 Å². The molecule has 2 heterocycles. The SMILES string of the molecule is CNC(CC1CN(C)CCN1)c1cc(Br)cs1. The molecular formula is C12H20BrN3S. The lowest BCUT2D eigenvalue weighted by Gasteiger charge is -2.32. The van der Waals surface area contributed by atoms with Gasteiger partial charge < -0.3 is 15.5 Å². The van der Waals surface area contributed by atoms with Crippen molar-refractivity contribution in [3.05, 3.63) is 20.8 Å². The number of nitrogens with one attached hydrogen (secondary N) is 2. The molecule has 0 radical (unpaired) electrons. The van der Waals surface area contributed by atoms with Gasteiger partial charge in [0.05, 0.1) is 0 Å². The highest BCUT2D eigenvalue weighted by atomic mass is 79.9. The predicted octanol–water partition coefficient (Wildman–Crippen LogP) is 2.06. The van der Waals surface area contributed by atoms with E-state index >= 15 is 0 Å². The molecule has 2 unspecified atom stereocenters. The molecule has 2 rings (SSSR count). The summed E-state index contributed by atoms with van der Waals surface area (Å²) < 4.78 is 1.19. The molecule has 1 aliphatic rings. The van der Waals surface area contributed by atoms with Crippen LogP contribution in [0.4, 0.5) is 0 Å². The van der Waals surface area contributed by atoms with Gasteiger partial charge in [-0.25, -0.2) is 0 Å². The van der Waals surface area contributed by atoms with Gasteiger partial charge in [0.2, 0.25) is 0 Å². The average molecular weight is 318 g/mol. The van der Waals surface area contributed by atoms with Crippen LogP contribution in [0.25, 0.3) is 0 Å². The van der Waals surface area contributed by atoms with E-state index in [0.29, 0.717) is 12.1 Å². The van der Waals surface area contributed by atoms with Crippen molar-refractivity contribution >= 4 is 27.3 Å². The molecule has 0 saturated carbocycles. The second-order valence-electron chi connectivity index (χ2n) is 4.66. The van der Waals surface area contributed by atoms with Gasteiger partial charge in [0, 0.05) is 46.4 Å². The molecular weight excluding hydrogens is 298 g/mol. The maximum absolute atomic E-state index is 3.60. The maximum Gasteiger partial charge on any atom is 0.0428 e. The van der Waals surface area contributed by atoms with Gasteiger partial charge in [0.1, 0.15) is 0 Å².